The first-order chi connectivity index (χ1) is 11.6. The van der Waals surface area contributed by atoms with Gasteiger partial charge in [0.1, 0.15) is 0 Å². The van der Waals surface area contributed by atoms with Gasteiger partial charge in [-0.05, 0) is 39.3 Å². The fourth-order valence-electron chi connectivity index (χ4n) is 2.83. The average molecular weight is 332 g/mol. The Bertz CT molecular complexity index is 708. The van der Waals surface area contributed by atoms with Crippen molar-refractivity contribution in [2.24, 2.45) is 0 Å². The summed E-state index contributed by atoms with van der Waals surface area (Å²) < 4.78 is 6.93. The minimum Gasteiger partial charge on any atom is -0.379 e. The lowest BCUT2D eigenvalue weighted by molar-refractivity contribution is 0.0372. The molecule has 8 nitrogen and oxygen atoms in total. The van der Waals surface area contributed by atoms with Gasteiger partial charge >= 0.3 is 0 Å². The first kappa shape index (κ1) is 16.8. The maximum atomic E-state index is 12.2. The molecule has 0 bridgehead atoms. The molecule has 0 unspecified atom stereocenters. The number of aryl methyl sites for hydroxylation is 2. The molecule has 24 heavy (non-hydrogen) atoms. The molecule has 1 aliphatic heterocycles. The van der Waals surface area contributed by atoms with Crippen molar-refractivity contribution in [3.05, 3.63) is 23.3 Å². The molecule has 0 saturated carbocycles. The van der Waals surface area contributed by atoms with Crippen LogP contribution in [0.2, 0.25) is 0 Å². The standard InChI is InChI=1S/C16H24N6O2/c1-12-11-13(2)22-16(18-12)19-14(20-22)15(23)17-5-3-4-6-21-7-9-24-10-8-21/h11H,3-10H2,1-2H3,(H,17,23). The fraction of sp³-hybridized carbons (Fsp3) is 0.625. The van der Waals surface area contributed by atoms with Crippen LogP contribution in [-0.2, 0) is 4.74 Å². The molecular formula is C16H24N6O2. The van der Waals surface area contributed by atoms with E-state index in [2.05, 4.69) is 25.3 Å². The van der Waals surface area contributed by atoms with E-state index >= 15 is 0 Å². The van der Waals surface area contributed by atoms with Crippen LogP contribution in [0.3, 0.4) is 0 Å². The number of nitrogens with one attached hydrogen (secondary N) is 1. The normalized spacial score (nSPS) is 15.8. The van der Waals surface area contributed by atoms with Crippen molar-refractivity contribution in [2.45, 2.75) is 26.7 Å². The van der Waals surface area contributed by atoms with Crippen molar-refractivity contribution in [3.8, 4) is 0 Å². The number of carbonyl (C=O) groups is 1. The molecule has 0 atom stereocenters. The van der Waals surface area contributed by atoms with Gasteiger partial charge in [0, 0.05) is 31.0 Å². The Hall–Kier alpha value is -2.06. The van der Waals surface area contributed by atoms with E-state index < -0.39 is 0 Å². The third-order valence-electron chi connectivity index (χ3n) is 4.11. The van der Waals surface area contributed by atoms with Gasteiger partial charge in [0.2, 0.25) is 5.82 Å². The quantitative estimate of drug-likeness (QED) is 0.779. The second-order valence-electron chi connectivity index (χ2n) is 6.10. The molecule has 130 valence electrons. The lowest BCUT2D eigenvalue weighted by Gasteiger charge is -2.26. The van der Waals surface area contributed by atoms with Gasteiger partial charge in [-0.15, -0.1) is 5.10 Å². The number of rotatable bonds is 6. The Kier molecular flexibility index (Phi) is 5.37. The Labute approximate surface area is 141 Å². The summed E-state index contributed by atoms with van der Waals surface area (Å²) >= 11 is 0. The number of hydrogen-bond acceptors (Lipinski definition) is 6. The highest BCUT2D eigenvalue weighted by Gasteiger charge is 2.14. The maximum absolute atomic E-state index is 12.2. The van der Waals surface area contributed by atoms with Crippen molar-refractivity contribution in [1.29, 1.82) is 0 Å². The molecule has 1 amide bonds. The van der Waals surface area contributed by atoms with E-state index in [1.54, 1.807) is 4.52 Å². The number of morpholine rings is 1. The second kappa shape index (κ2) is 7.67. The van der Waals surface area contributed by atoms with Crippen LogP contribution < -0.4 is 5.32 Å². The predicted molar refractivity (Wildman–Crippen MR) is 89.1 cm³/mol. The molecule has 0 radical (unpaired) electrons. The number of fused-ring (bicyclic) bond motifs is 1. The van der Waals surface area contributed by atoms with Crippen LogP contribution in [0.4, 0.5) is 0 Å². The molecule has 3 heterocycles. The van der Waals surface area contributed by atoms with Gasteiger partial charge in [-0.1, -0.05) is 0 Å². The Morgan fingerprint density at radius 1 is 1.25 bits per heavy atom. The molecule has 3 rings (SSSR count). The largest absolute Gasteiger partial charge is 0.379 e. The van der Waals surface area contributed by atoms with Crippen LogP contribution in [0.25, 0.3) is 5.78 Å². The molecule has 1 fully saturated rings. The van der Waals surface area contributed by atoms with Gasteiger partial charge < -0.3 is 10.1 Å². The summed E-state index contributed by atoms with van der Waals surface area (Å²) in [6, 6.07) is 1.91. The summed E-state index contributed by atoms with van der Waals surface area (Å²) in [7, 11) is 0. The number of ether oxygens (including phenoxy) is 1. The lowest BCUT2D eigenvalue weighted by Crippen LogP contribution is -2.37. The number of amides is 1. The van der Waals surface area contributed by atoms with Crippen LogP contribution in [0.1, 0.15) is 34.8 Å². The lowest BCUT2D eigenvalue weighted by atomic mass is 10.2. The van der Waals surface area contributed by atoms with E-state index in [-0.39, 0.29) is 11.7 Å². The van der Waals surface area contributed by atoms with Crippen molar-refractivity contribution >= 4 is 11.7 Å². The van der Waals surface area contributed by atoms with Gasteiger partial charge in [0.05, 0.1) is 13.2 Å². The topological polar surface area (TPSA) is 84.7 Å². The van der Waals surface area contributed by atoms with Gasteiger partial charge in [0.25, 0.3) is 11.7 Å². The highest BCUT2D eigenvalue weighted by Crippen LogP contribution is 2.05. The summed E-state index contributed by atoms with van der Waals surface area (Å²) in [6.07, 6.45) is 1.99. The molecular weight excluding hydrogens is 308 g/mol. The van der Waals surface area contributed by atoms with Gasteiger partial charge in [-0.3, -0.25) is 9.69 Å². The van der Waals surface area contributed by atoms with Crippen LogP contribution in [0, 0.1) is 13.8 Å². The second-order valence-corrected chi connectivity index (χ2v) is 6.10. The maximum Gasteiger partial charge on any atom is 0.291 e. The summed E-state index contributed by atoms with van der Waals surface area (Å²) in [5, 5.41) is 7.12. The monoisotopic (exact) mass is 332 g/mol. The van der Waals surface area contributed by atoms with Crippen molar-refractivity contribution in [3.63, 3.8) is 0 Å². The summed E-state index contributed by atoms with van der Waals surface area (Å²) in [5.41, 5.74) is 1.78. The highest BCUT2D eigenvalue weighted by molar-refractivity contribution is 5.90. The minimum atomic E-state index is -0.246. The number of unbranched alkanes of at least 4 members (excludes halogenated alkanes) is 1. The molecule has 8 heteroatoms. The highest BCUT2D eigenvalue weighted by atomic mass is 16.5. The van der Waals surface area contributed by atoms with Gasteiger partial charge in [0.15, 0.2) is 0 Å². The molecule has 1 N–H and O–H groups in total. The number of hydrogen-bond donors (Lipinski definition) is 1. The predicted octanol–water partition coefficient (Wildman–Crippen LogP) is 0.583. The zero-order valence-corrected chi connectivity index (χ0v) is 14.3. The molecule has 1 aliphatic rings. The smallest absolute Gasteiger partial charge is 0.291 e. The molecule has 2 aromatic heterocycles. The van der Waals surface area contributed by atoms with Crippen molar-refractivity contribution < 1.29 is 9.53 Å². The number of carbonyl (C=O) groups excluding carboxylic acids is 1. The Balaban J connectivity index is 1.46. The fourth-order valence-corrected chi connectivity index (χ4v) is 2.83. The van der Waals surface area contributed by atoms with E-state index in [0.29, 0.717) is 12.3 Å². The molecule has 0 spiro atoms. The van der Waals surface area contributed by atoms with Crippen LogP contribution in [0.15, 0.2) is 6.07 Å². The van der Waals surface area contributed by atoms with Crippen LogP contribution >= 0.6 is 0 Å². The zero-order valence-electron chi connectivity index (χ0n) is 14.3. The van der Waals surface area contributed by atoms with Crippen LogP contribution in [0.5, 0.6) is 0 Å². The van der Waals surface area contributed by atoms with E-state index in [9.17, 15) is 4.79 Å². The Morgan fingerprint density at radius 2 is 2.04 bits per heavy atom. The summed E-state index contributed by atoms with van der Waals surface area (Å²) in [5.74, 6) is 0.387. The average Bonchev–Trinajstić information content (AvgIpc) is 3.00. The van der Waals surface area contributed by atoms with Gasteiger partial charge in [-0.2, -0.15) is 4.98 Å². The molecule has 0 aliphatic carbocycles. The number of nitrogens with zero attached hydrogens (tertiary/aromatic N) is 5. The Morgan fingerprint density at radius 3 is 2.83 bits per heavy atom. The minimum absolute atomic E-state index is 0.171. The van der Waals surface area contributed by atoms with E-state index in [0.717, 1.165) is 57.1 Å². The molecule has 2 aromatic rings. The van der Waals surface area contributed by atoms with Gasteiger partial charge in [-0.25, -0.2) is 9.50 Å². The number of aromatic nitrogens is 4. The van der Waals surface area contributed by atoms with Crippen LogP contribution in [-0.4, -0.2) is 69.8 Å². The van der Waals surface area contributed by atoms with E-state index in [4.69, 9.17) is 4.74 Å². The third-order valence-corrected chi connectivity index (χ3v) is 4.11. The van der Waals surface area contributed by atoms with Crippen molar-refractivity contribution in [1.82, 2.24) is 29.8 Å². The summed E-state index contributed by atoms with van der Waals surface area (Å²) in [6.45, 7) is 9.15. The summed E-state index contributed by atoms with van der Waals surface area (Å²) in [4.78, 5) is 23.1. The molecule has 0 aromatic carbocycles. The first-order valence-corrected chi connectivity index (χ1v) is 8.43. The van der Waals surface area contributed by atoms with Crippen molar-refractivity contribution in [2.75, 3.05) is 39.4 Å². The van der Waals surface area contributed by atoms with E-state index in [1.807, 2.05) is 19.9 Å². The zero-order chi connectivity index (χ0) is 16.9. The third kappa shape index (κ3) is 4.07. The first-order valence-electron chi connectivity index (χ1n) is 8.43. The molecule has 1 saturated heterocycles. The van der Waals surface area contributed by atoms with E-state index in [1.165, 1.54) is 0 Å². The SMILES string of the molecule is Cc1cc(C)n2nc(C(=O)NCCCCN3CCOCC3)nc2n1.